The van der Waals surface area contributed by atoms with Crippen LogP contribution in [0.1, 0.15) is 20.8 Å². The summed E-state index contributed by atoms with van der Waals surface area (Å²) in [7, 11) is 0. The predicted molar refractivity (Wildman–Crippen MR) is 122 cm³/mol. The van der Waals surface area contributed by atoms with Gasteiger partial charge in [-0.25, -0.2) is 0 Å². The second kappa shape index (κ2) is 8.94. The first kappa shape index (κ1) is 20.4. The van der Waals surface area contributed by atoms with Gasteiger partial charge in [0, 0.05) is 22.8 Å². The number of hydrogen-bond acceptors (Lipinski definition) is 6. The van der Waals surface area contributed by atoms with Gasteiger partial charge < -0.3 is 19.5 Å². The van der Waals surface area contributed by atoms with Crippen molar-refractivity contribution in [2.75, 3.05) is 12.1 Å². The second-order valence-corrected chi connectivity index (χ2v) is 8.48. The van der Waals surface area contributed by atoms with Gasteiger partial charge in [0.2, 0.25) is 6.79 Å². The first-order chi connectivity index (χ1) is 15.6. The Hall–Kier alpha value is -3.49. The highest BCUT2D eigenvalue weighted by molar-refractivity contribution is 7.12. The molecule has 7 nitrogen and oxygen atoms in total. The third kappa shape index (κ3) is 4.71. The number of benzene rings is 2. The number of nitrogens with zero attached hydrogens (tertiary/aromatic N) is 2. The Morgan fingerprint density at radius 3 is 2.97 bits per heavy atom. The number of carbonyl (C=O) groups is 1. The lowest BCUT2D eigenvalue weighted by Crippen LogP contribution is -2.09. The predicted octanol–water partition coefficient (Wildman–Crippen LogP) is 5.21. The number of carbonyl (C=O) groups excluding carboxylic acids is 1. The van der Waals surface area contributed by atoms with Crippen molar-refractivity contribution in [2.24, 2.45) is 0 Å². The van der Waals surface area contributed by atoms with Crippen LogP contribution in [0, 0.1) is 0 Å². The smallest absolute Gasteiger partial charge is 0.265 e. The molecule has 1 N–H and O–H groups in total. The van der Waals surface area contributed by atoms with Crippen molar-refractivity contribution < 1.29 is 19.0 Å². The van der Waals surface area contributed by atoms with E-state index in [2.05, 4.69) is 10.4 Å². The molecular weight excluding hydrogens is 450 g/mol. The Labute approximate surface area is 193 Å². The minimum atomic E-state index is -0.188. The van der Waals surface area contributed by atoms with E-state index in [-0.39, 0.29) is 12.7 Å². The summed E-state index contributed by atoms with van der Waals surface area (Å²) in [5.74, 6) is 1.87. The number of halogens is 1. The normalized spacial score (nSPS) is 12.0. The highest BCUT2D eigenvalue weighted by Crippen LogP contribution is 2.35. The van der Waals surface area contributed by atoms with Crippen LogP contribution in [-0.4, -0.2) is 22.5 Å². The zero-order valence-electron chi connectivity index (χ0n) is 16.8. The summed E-state index contributed by atoms with van der Waals surface area (Å²) in [5.41, 5.74) is 2.57. The SMILES string of the molecule is O=C(Nc1cnn(Cc2cccc(Cl)c2)c1)c1cc(COc2ccc3c(c2)OCO3)cs1. The fourth-order valence-electron chi connectivity index (χ4n) is 3.23. The van der Waals surface area contributed by atoms with Crippen LogP contribution in [0.5, 0.6) is 17.2 Å². The standard InChI is InChI=1S/C23H18ClN3O4S/c24-17-3-1-2-15(6-17)10-27-11-18(9-25-27)26-23(28)22-7-16(13-32-22)12-29-19-4-5-20-21(8-19)31-14-30-20/h1-9,11,13H,10,12,14H2,(H,26,28). The van der Waals surface area contributed by atoms with Crippen LogP contribution in [0.15, 0.2) is 66.3 Å². The maximum atomic E-state index is 12.6. The fraction of sp³-hybridized carbons (Fsp3) is 0.130. The first-order valence-corrected chi connectivity index (χ1v) is 11.1. The van der Waals surface area contributed by atoms with E-state index in [1.165, 1.54) is 11.3 Å². The number of amides is 1. The molecule has 0 atom stereocenters. The molecule has 0 aliphatic carbocycles. The van der Waals surface area contributed by atoms with E-state index in [1.807, 2.05) is 47.8 Å². The molecule has 9 heteroatoms. The average molecular weight is 468 g/mol. The Balaban J connectivity index is 1.17. The van der Waals surface area contributed by atoms with Crippen molar-refractivity contribution in [1.82, 2.24) is 9.78 Å². The van der Waals surface area contributed by atoms with Crippen LogP contribution in [0.25, 0.3) is 0 Å². The molecule has 0 bridgehead atoms. The van der Waals surface area contributed by atoms with Crippen LogP contribution < -0.4 is 19.5 Å². The summed E-state index contributed by atoms with van der Waals surface area (Å²) in [6.45, 7) is 1.14. The van der Waals surface area contributed by atoms with Crippen LogP contribution in [-0.2, 0) is 13.2 Å². The highest BCUT2D eigenvalue weighted by atomic mass is 35.5. The van der Waals surface area contributed by atoms with Gasteiger partial charge in [-0.1, -0.05) is 23.7 Å². The van der Waals surface area contributed by atoms with Gasteiger partial charge in [0.1, 0.15) is 12.4 Å². The van der Waals surface area contributed by atoms with E-state index in [0.29, 0.717) is 46.0 Å². The third-order valence-corrected chi connectivity index (χ3v) is 5.96. The van der Waals surface area contributed by atoms with Crippen LogP contribution in [0.3, 0.4) is 0 Å². The average Bonchev–Trinajstić information content (AvgIpc) is 3.53. The van der Waals surface area contributed by atoms with Crippen molar-refractivity contribution in [3.8, 4) is 17.2 Å². The van der Waals surface area contributed by atoms with Gasteiger partial charge >= 0.3 is 0 Å². The lowest BCUT2D eigenvalue weighted by atomic mass is 10.2. The first-order valence-electron chi connectivity index (χ1n) is 9.80. The molecule has 0 fully saturated rings. The van der Waals surface area contributed by atoms with Gasteiger partial charge in [-0.2, -0.15) is 5.10 Å². The van der Waals surface area contributed by atoms with Gasteiger partial charge in [-0.3, -0.25) is 9.48 Å². The minimum Gasteiger partial charge on any atom is -0.489 e. The lowest BCUT2D eigenvalue weighted by molar-refractivity contribution is 0.103. The number of aromatic nitrogens is 2. The molecule has 162 valence electrons. The maximum absolute atomic E-state index is 12.6. The summed E-state index contributed by atoms with van der Waals surface area (Å²) < 4.78 is 18.2. The highest BCUT2D eigenvalue weighted by Gasteiger charge is 2.15. The Bertz CT molecular complexity index is 1270. The largest absolute Gasteiger partial charge is 0.489 e. The number of hydrogen-bond donors (Lipinski definition) is 1. The van der Waals surface area contributed by atoms with Crippen LogP contribution in [0.2, 0.25) is 5.02 Å². The van der Waals surface area contributed by atoms with Crippen molar-refractivity contribution >= 4 is 34.5 Å². The molecule has 4 aromatic rings. The number of thiophene rings is 1. The molecule has 0 radical (unpaired) electrons. The van der Waals surface area contributed by atoms with E-state index in [1.54, 1.807) is 23.1 Å². The van der Waals surface area contributed by atoms with Crippen molar-refractivity contribution in [3.05, 3.63) is 87.3 Å². The van der Waals surface area contributed by atoms with Crippen LogP contribution in [0.4, 0.5) is 5.69 Å². The van der Waals surface area contributed by atoms with E-state index in [4.69, 9.17) is 25.8 Å². The van der Waals surface area contributed by atoms with Gasteiger partial charge in [0.15, 0.2) is 11.5 Å². The summed E-state index contributed by atoms with van der Waals surface area (Å²) in [5, 5.41) is 9.77. The number of nitrogens with one attached hydrogen (secondary N) is 1. The minimum absolute atomic E-state index is 0.188. The Kier molecular flexibility index (Phi) is 5.70. The van der Waals surface area contributed by atoms with Crippen molar-refractivity contribution in [3.63, 3.8) is 0 Å². The van der Waals surface area contributed by atoms with Gasteiger partial charge in [-0.15, -0.1) is 11.3 Å². The molecular formula is C23H18ClN3O4S. The zero-order chi connectivity index (χ0) is 21.9. The topological polar surface area (TPSA) is 74.6 Å². The molecule has 2 aromatic carbocycles. The number of anilines is 1. The lowest BCUT2D eigenvalue weighted by Gasteiger charge is -2.05. The molecule has 1 amide bonds. The van der Waals surface area contributed by atoms with Crippen LogP contribution >= 0.6 is 22.9 Å². The third-order valence-electron chi connectivity index (χ3n) is 4.75. The van der Waals surface area contributed by atoms with E-state index >= 15 is 0 Å². The maximum Gasteiger partial charge on any atom is 0.265 e. The van der Waals surface area contributed by atoms with Gasteiger partial charge in [0.25, 0.3) is 5.91 Å². The van der Waals surface area contributed by atoms with Crippen molar-refractivity contribution in [2.45, 2.75) is 13.2 Å². The molecule has 0 saturated heterocycles. The molecule has 1 aliphatic heterocycles. The summed E-state index contributed by atoms with van der Waals surface area (Å²) >= 11 is 7.39. The zero-order valence-corrected chi connectivity index (χ0v) is 18.4. The summed E-state index contributed by atoms with van der Waals surface area (Å²) in [4.78, 5) is 13.2. The second-order valence-electron chi connectivity index (χ2n) is 7.13. The molecule has 0 saturated carbocycles. The molecule has 2 aromatic heterocycles. The summed E-state index contributed by atoms with van der Waals surface area (Å²) in [6.07, 6.45) is 3.41. The quantitative estimate of drug-likeness (QED) is 0.404. The molecule has 3 heterocycles. The fourth-order valence-corrected chi connectivity index (χ4v) is 4.24. The van der Waals surface area contributed by atoms with Gasteiger partial charge in [-0.05, 0) is 41.3 Å². The number of rotatable bonds is 7. The number of fused-ring (bicyclic) bond motifs is 1. The molecule has 0 unspecified atom stereocenters. The van der Waals surface area contributed by atoms with Crippen molar-refractivity contribution in [1.29, 1.82) is 0 Å². The van der Waals surface area contributed by atoms with E-state index < -0.39 is 0 Å². The summed E-state index contributed by atoms with van der Waals surface area (Å²) in [6, 6.07) is 14.9. The Morgan fingerprint density at radius 2 is 2.06 bits per heavy atom. The molecule has 5 rings (SSSR count). The van der Waals surface area contributed by atoms with Gasteiger partial charge in [0.05, 0.1) is 23.3 Å². The monoisotopic (exact) mass is 467 g/mol. The van der Waals surface area contributed by atoms with E-state index in [0.717, 1.165) is 11.1 Å². The Morgan fingerprint density at radius 1 is 1.16 bits per heavy atom. The van der Waals surface area contributed by atoms with E-state index in [9.17, 15) is 4.79 Å². The molecule has 1 aliphatic rings. The number of ether oxygens (including phenoxy) is 3. The molecule has 0 spiro atoms. The molecule has 32 heavy (non-hydrogen) atoms.